The van der Waals surface area contributed by atoms with E-state index in [-0.39, 0.29) is 5.82 Å². The van der Waals surface area contributed by atoms with E-state index in [1.165, 1.54) is 6.07 Å². The Kier molecular flexibility index (Phi) is 2.75. The third kappa shape index (κ3) is 1.53. The van der Waals surface area contributed by atoms with Crippen molar-refractivity contribution in [2.24, 2.45) is 0 Å². The molecule has 1 aromatic heterocycles. The average molecular weight is 229 g/mol. The number of halogens is 2. The Morgan fingerprint density at radius 3 is 2.86 bits per heavy atom. The van der Waals surface area contributed by atoms with Crippen LogP contribution in [0.1, 0.15) is 18.1 Å². The minimum Gasteiger partial charge on any atom is -0.206 e. The molecule has 0 fully saturated rings. The zero-order valence-corrected chi connectivity index (χ0v) is 9.38. The van der Waals surface area contributed by atoms with Crippen LogP contribution in [0.3, 0.4) is 0 Å². The molecule has 0 radical (unpaired) electrons. The van der Waals surface area contributed by atoms with E-state index in [9.17, 15) is 4.39 Å². The summed E-state index contributed by atoms with van der Waals surface area (Å²) >= 11 is 7.26. The number of alkyl halides is 1. The lowest BCUT2D eigenvalue weighted by molar-refractivity contribution is 0.638. The molecule has 0 amide bonds. The fraction of sp³-hybridized carbons (Fsp3) is 0.273. The van der Waals surface area contributed by atoms with Crippen LogP contribution in [0, 0.1) is 5.82 Å². The molecule has 3 heteroatoms. The van der Waals surface area contributed by atoms with Gasteiger partial charge in [-0.15, -0.1) is 22.9 Å². The van der Waals surface area contributed by atoms with Crippen LogP contribution in [0.25, 0.3) is 10.1 Å². The number of thiophene rings is 1. The van der Waals surface area contributed by atoms with E-state index >= 15 is 0 Å². The van der Waals surface area contributed by atoms with Gasteiger partial charge in [-0.3, -0.25) is 0 Å². The van der Waals surface area contributed by atoms with Crippen LogP contribution < -0.4 is 0 Å². The standard InChI is InChI=1S/C11H10ClFS/c1-2-8-6-14-10-4-7(5-12)3-9(13)11(8)10/h3-4,6H,2,5H2,1H3. The molecule has 2 aromatic rings. The maximum atomic E-state index is 13.7. The largest absolute Gasteiger partial charge is 0.206 e. The first-order valence-corrected chi connectivity index (χ1v) is 5.92. The van der Waals surface area contributed by atoms with Crippen LogP contribution >= 0.6 is 22.9 Å². The van der Waals surface area contributed by atoms with E-state index in [1.54, 1.807) is 11.3 Å². The molecule has 0 aliphatic carbocycles. The molecule has 0 unspecified atom stereocenters. The van der Waals surface area contributed by atoms with Gasteiger partial charge in [0.1, 0.15) is 5.82 Å². The first-order valence-electron chi connectivity index (χ1n) is 4.50. The summed E-state index contributed by atoms with van der Waals surface area (Å²) < 4.78 is 14.7. The van der Waals surface area contributed by atoms with Crippen LogP contribution in [-0.4, -0.2) is 0 Å². The number of hydrogen-bond acceptors (Lipinski definition) is 1. The minimum atomic E-state index is -0.142. The van der Waals surface area contributed by atoms with Gasteiger partial charge in [-0.1, -0.05) is 6.92 Å². The molecule has 0 bridgehead atoms. The van der Waals surface area contributed by atoms with Crippen molar-refractivity contribution in [1.82, 2.24) is 0 Å². The molecule has 74 valence electrons. The second-order valence-electron chi connectivity index (χ2n) is 3.20. The van der Waals surface area contributed by atoms with Gasteiger partial charge in [0.15, 0.2) is 0 Å². The van der Waals surface area contributed by atoms with Crippen molar-refractivity contribution in [3.8, 4) is 0 Å². The fourth-order valence-electron chi connectivity index (χ4n) is 1.57. The Bertz CT molecular complexity index is 462. The zero-order valence-electron chi connectivity index (χ0n) is 7.81. The molecule has 0 nitrogen and oxygen atoms in total. The summed E-state index contributed by atoms with van der Waals surface area (Å²) in [6.45, 7) is 2.04. The number of hydrogen-bond donors (Lipinski definition) is 0. The Labute approximate surface area is 91.3 Å². The van der Waals surface area contributed by atoms with Crippen LogP contribution in [0.2, 0.25) is 0 Å². The number of benzene rings is 1. The fourth-order valence-corrected chi connectivity index (χ4v) is 2.84. The summed E-state index contributed by atoms with van der Waals surface area (Å²) in [7, 11) is 0. The molecule has 0 aliphatic heterocycles. The molecule has 2 rings (SSSR count). The normalized spacial score (nSPS) is 11.1. The summed E-state index contributed by atoms with van der Waals surface area (Å²) in [6.07, 6.45) is 0.872. The van der Waals surface area contributed by atoms with Gasteiger partial charge in [0, 0.05) is 16.0 Å². The summed E-state index contributed by atoms with van der Waals surface area (Å²) in [5.74, 6) is 0.225. The number of aryl methyl sites for hydroxylation is 1. The predicted molar refractivity (Wildman–Crippen MR) is 60.7 cm³/mol. The van der Waals surface area contributed by atoms with Gasteiger partial charge in [-0.2, -0.15) is 0 Å². The maximum absolute atomic E-state index is 13.7. The molecule has 1 aromatic carbocycles. The number of rotatable bonds is 2. The Balaban J connectivity index is 2.72. The molecule has 0 atom stereocenters. The zero-order chi connectivity index (χ0) is 10.1. The van der Waals surface area contributed by atoms with E-state index in [1.807, 2.05) is 18.4 Å². The molecule has 14 heavy (non-hydrogen) atoms. The highest BCUT2D eigenvalue weighted by atomic mass is 35.5. The SMILES string of the molecule is CCc1csc2cc(CCl)cc(F)c12. The van der Waals surface area contributed by atoms with Crippen LogP contribution in [0.15, 0.2) is 17.5 Å². The van der Waals surface area contributed by atoms with E-state index in [2.05, 4.69) is 0 Å². The maximum Gasteiger partial charge on any atom is 0.132 e. The number of fused-ring (bicyclic) bond motifs is 1. The highest BCUT2D eigenvalue weighted by Crippen LogP contribution is 2.30. The topological polar surface area (TPSA) is 0 Å². The molecular weight excluding hydrogens is 219 g/mol. The quantitative estimate of drug-likeness (QED) is 0.671. The summed E-state index contributed by atoms with van der Waals surface area (Å²) in [6, 6.07) is 3.50. The van der Waals surface area contributed by atoms with Gasteiger partial charge in [0.05, 0.1) is 0 Å². The second kappa shape index (κ2) is 3.87. The Morgan fingerprint density at radius 1 is 1.43 bits per heavy atom. The van der Waals surface area contributed by atoms with Crippen molar-refractivity contribution in [2.75, 3.05) is 0 Å². The van der Waals surface area contributed by atoms with E-state index in [0.717, 1.165) is 27.6 Å². The monoisotopic (exact) mass is 228 g/mol. The average Bonchev–Trinajstić information content (AvgIpc) is 2.61. The van der Waals surface area contributed by atoms with Crippen LogP contribution in [0.5, 0.6) is 0 Å². The highest BCUT2D eigenvalue weighted by Gasteiger charge is 2.09. The molecule has 0 N–H and O–H groups in total. The Hall–Kier alpha value is -0.600. The van der Waals surface area contributed by atoms with Crippen molar-refractivity contribution in [3.05, 3.63) is 34.5 Å². The summed E-state index contributed by atoms with van der Waals surface area (Å²) in [5, 5.41) is 2.79. The lowest BCUT2D eigenvalue weighted by atomic mass is 10.1. The van der Waals surface area contributed by atoms with Crippen molar-refractivity contribution in [3.63, 3.8) is 0 Å². The van der Waals surface area contributed by atoms with Gasteiger partial charge >= 0.3 is 0 Å². The third-order valence-electron chi connectivity index (χ3n) is 2.30. The lowest BCUT2D eigenvalue weighted by Crippen LogP contribution is -1.85. The van der Waals surface area contributed by atoms with E-state index in [4.69, 9.17) is 11.6 Å². The second-order valence-corrected chi connectivity index (χ2v) is 4.38. The molecule has 0 saturated carbocycles. The van der Waals surface area contributed by atoms with Crippen molar-refractivity contribution < 1.29 is 4.39 Å². The van der Waals surface area contributed by atoms with Gasteiger partial charge in [-0.25, -0.2) is 4.39 Å². The molecule has 0 spiro atoms. The molecular formula is C11H10ClFS. The van der Waals surface area contributed by atoms with Gasteiger partial charge in [0.2, 0.25) is 0 Å². The third-order valence-corrected chi connectivity index (χ3v) is 3.59. The molecule has 1 heterocycles. The highest BCUT2D eigenvalue weighted by molar-refractivity contribution is 7.17. The first kappa shape index (κ1) is 9.94. The van der Waals surface area contributed by atoms with Crippen LogP contribution in [-0.2, 0) is 12.3 Å². The van der Waals surface area contributed by atoms with Crippen LogP contribution in [0.4, 0.5) is 4.39 Å². The first-order chi connectivity index (χ1) is 6.76. The molecule has 0 aliphatic rings. The van der Waals surface area contributed by atoms with E-state index < -0.39 is 0 Å². The Morgan fingerprint density at radius 2 is 2.21 bits per heavy atom. The summed E-state index contributed by atoms with van der Waals surface area (Å²) in [5.41, 5.74) is 1.93. The van der Waals surface area contributed by atoms with Gasteiger partial charge in [-0.05, 0) is 35.1 Å². The lowest BCUT2D eigenvalue weighted by Gasteiger charge is -1.99. The smallest absolute Gasteiger partial charge is 0.132 e. The predicted octanol–water partition coefficient (Wildman–Crippen LogP) is 4.34. The summed E-state index contributed by atoms with van der Waals surface area (Å²) in [4.78, 5) is 0. The van der Waals surface area contributed by atoms with E-state index in [0.29, 0.717) is 5.88 Å². The van der Waals surface area contributed by atoms with Crippen molar-refractivity contribution in [2.45, 2.75) is 19.2 Å². The minimum absolute atomic E-state index is 0.142. The van der Waals surface area contributed by atoms with Gasteiger partial charge in [0.25, 0.3) is 0 Å². The van der Waals surface area contributed by atoms with Crippen molar-refractivity contribution in [1.29, 1.82) is 0 Å². The van der Waals surface area contributed by atoms with Gasteiger partial charge < -0.3 is 0 Å². The molecule has 0 saturated heterocycles. The van der Waals surface area contributed by atoms with Crippen molar-refractivity contribution >= 4 is 33.0 Å².